The maximum absolute atomic E-state index is 12.1. The van der Waals surface area contributed by atoms with Crippen LogP contribution in [0.25, 0.3) is 0 Å². The second kappa shape index (κ2) is 9.94. The topological polar surface area (TPSA) is 62.8 Å². The molecule has 3 rings (SSSR count). The average molecular weight is 369 g/mol. The summed E-state index contributed by atoms with van der Waals surface area (Å²) < 4.78 is 11.2. The third kappa shape index (κ3) is 6.58. The van der Waals surface area contributed by atoms with Crippen LogP contribution in [0.3, 0.4) is 0 Å². The lowest BCUT2D eigenvalue weighted by atomic mass is 10.2. The van der Waals surface area contributed by atoms with Gasteiger partial charge in [0.1, 0.15) is 12.4 Å². The molecule has 27 heavy (non-hydrogen) atoms. The third-order valence-electron chi connectivity index (χ3n) is 4.41. The Morgan fingerprint density at radius 1 is 1.15 bits per heavy atom. The zero-order valence-electron chi connectivity index (χ0n) is 15.7. The van der Waals surface area contributed by atoms with Crippen LogP contribution in [-0.4, -0.2) is 50.4 Å². The van der Waals surface area contributed by atoms with Gasteiger partial charge in [-0.1, -0.05) is 24.3 Å². The van der Waals surface area contributed by atoms with Crippen molar-refractivity contribution in [1.82, 2.24) is 10.2 Å². The van der Waals surface area contributed by atoms with Crippen LogP contribution in [-0.2, 0) is 11.3 Å². The van der Waals surface area contributed by atoms with Crippen molar-refractivity contribution in [3.8, 4) is 5.75 Å². The van der Waals surface area contributed by atoms with Crippen LogP contribution in [0.1, 0.15) is 11.1 Å². The second-order valence-corrected chi connectivity index (χ2v) is 6.63. The minimum atomic E-state index is -0.223. The minimum Gasteiger partial charge on any atom is -0.492 e. The van der Waals surface area contributed by atoms with E-state index < -0.39 is 0 Å². The maximum atomic E-state index is 12.1. The average Bonchev–Trinajstić information content (AvgIpc) is 2.68. The van der Waals surface area contributed by atoms with E-state index in [4.69, 9.17) is 9.47 Å². The van der Waals surface area contributed by atoms with Gasteiger partial charge in [-0.3, -0.25) is 4.90 Å². The number of urea groups is 1. The highest BCUT2D eigenvalue weighted by atomic mass is 16.5. The monoisotopic (exact) mass is 369 g/mol. The number of carbonyl (C=O) groups excluding carboxylic acids is 1. The molecule has 0 unspecified atom stereocenters. The number of anilines is 1. The summed E-state index contributed by atoms with van der Waals surface area (Å²) in [5, 5.41) is 5.72. The Bertz CT molecular complexity index is 745. The molecule has 0 saturated carbocycles. The predicted octanol–water partition coefficient (Wildman–Crippen LogP) is 3.03. The smallest absolute Gasteiger partial charge is 0.319 e. The molecule has 0 radical (unpaired) electrons. The van der Waals surface area contributed by atoms with E-state index in [0.717, 1.165) is 55.4 Å². The van der Waals surface area contributed by atoms with Gasteiger partial charge in [0.25, 0.3) is 0 Å². The van der Waals surface area contributed by atoms with Crippen LogP contribution in [0.4, 0.5) is 10.5 Å². The zero-order chi connectivity index (χ0) is 18.9. The number of amides is 2. The summed E-state index contributed by atoms with van der Waals surface area (Å²) in [6.07, 6.45) is 0. The van der Waals surface area contributed by atoms with Crippen LogP contribution >= 0.6 is 0 Å². The Labute approximate surface area is 160 Å². The Morgan fingerprint density at radius 3 is 2.78 bits per heavy atom. The van der Waals surface area contributed by atoms with E-state index in [1.165, 1.54) is 0 Å². The Kier molecular flexibility index (Phi) is 7.07. The summed E-state index contributed by atoms with van der Waals surface area (Å²) in [5.41, 5.74) is 2.89. The molecule has 1 fully saturated rings. The summed E-state index contributed by atoms with van der Waals surface area (Å²) in [6, 6.07) is 15.3. The number of benzene rings is 2. The molecule has 6 nitrogen and oxygen atoms in total. The van der Waals surface area contributed by atoms with Crippen molar-refractivity contribution >= 4 is 11.7 Å². The zero-order valence-corrected chi connectivity index (χ0v) is 15.7. The first-order valence-electron chi connectivity index (χ1n) is 9.32. The van der Waals surface area contributed by atoms with Gasteiger partial charge in [0.2, 0.25) is 0 Å². The van der Waals surface area contributed by atoms with E-state index in [1.807, 2.05) is 55.5 Å². The standard InChI is InChI=1S/C21H27N3O3/c1-17-4-2-6-19(14-17)23-21(25)22-16-18-5-3-7-20(15-18)27-13-10-24-8-11-26-12-9-24/h2-7,14-15H,8-13,16H2,1H3,(H2,22,23,25). The van der Waals surface area contributed by atoms with Crippen molar-refractivity contribution in [3.05, 3.63) is 59.7 Å². The number of rotatable bonds is 7. The lowest BCUT2D eigenvalue weighted by Gasteiger charge is -2.26. The van der Waals surface area contributed by atoms with Gasteiger partial charge in [0.05, 0.1) is 13.2 Å². The molecule has 0 spiro atoms. The lowest BCUT2D eigenvalue weighted by Crippen LogP contribution is -2.38. The molecule has 6 heteroatoms. The molecule has 0 aromatic heterocycles. The highest BCUT2D eigenvalue weighted by Crippen LogP contribution is 2.14. The van der Waals surface area contributed by atoms with Crippen molar-refractivity contribution in [2.45, 2.75) is 13.5 Å². The van der Waals surface area contributed by atoms with E-state index in [2.05, 4.69) is 15.5 Å². The van der Waals surface area contributed by atoms with Crippen molar-refractivity contribution in [3.63, 3.8) is 0 Å². The molecule has 144 valence electrons. The molecule has 2 aromatic carbocycles. The minimum absolute atomic E-state index is 0.223. The summed E-state index contributed by atoms with van der Waals surface area (Å²) in [7, 11) is 0. The molecule has 0 atom stereocenters. The third-order valence-corrected chi connectivity index (χ3v) is 4.41. The SMILES string of the molecule is Cc1cccc(NC(=O)NCc2cccc(OCCN3CCOCC3)c2)c1. The fraction of sp³-hybridized carbons (Fsp3) is 0.381. The summed E-state index contributed by atoms with van der Waals surface area (Å²) in [4.78, 5) is 14.4. The van der Waals surface area contributed by atoms with Crippen LogP contribution in [0.5, 0.6) is 5.75 Å². The molecule has 2 N–H and O–H groups in total. The number of ether oxygens (including phenoxy) is 2. The first kappa shape index (κ1) is 19.2. The number of nitrogens with one attached hydrogen (secondary N) is 2. The van der Waals surface area contributed by atoms with Gasteiger partial charge in [0.15, 0.2) is 0 Å². The van der Waals surface area contributed by atoms with Gasteiger partial charge in [-0.15, -0.1) is 0 Å². The first-order valence-corrected chi connectivity index (χ1v) is 9.32. The van der Waals surface area contributed by atoms with Crippen molar-refractivity contribution < 1.29 is 14.3 Å². The van der Waals surface area contributed by atoms with Gasteiger partial charge in [0, 0.05) is 31.9 Å². The molecule has 0 bridgehead atoms. The van der Waals surface area contributed by atoms with Gasteiger partial charge in [-0.05, 0) is 42.3 Å². The second-order valence-electron chi connectivity index (χ2n) is 6.63. The summed E-state index contributed by atoms with van der Waals surface area (Å²) in [6.45, 7) is 7.49. The van der Waals surface area contributed by atoms with E-state index >= 15 is 0 Å². The molecular weight excluding hydrogens is 342 g/mol. The van der Waals surface area contributed by atoms with Crippen LogP contribution in [0.15, 0.2) is 48.5 Å². The van der Waals surface area contributed by atoms with Crippen LogP contribution in [0, 0.1) is 6.92 Å². The summed E-state index contributed by atoms with van der Waals surface area (Å²) in [5.74, 6) is 0.821. The molecule has 1 aliphatic heterocycles. The number of aryl methyl sites for hydroxylation is 1. The number of nitrogens with zero attached hydrogens (tertiary/aromatic N) is 1. The van der Waals surface area contributed by atoms with Gasteiger partial charge >= 0.3 is 6.03 Å². The Hall–Kier alpha value is -2.57. The highest BCUT2D eigenvalue weighted by molar-refractivity contribution is 5.89. The van der Waals surface area contributed by atoms with Gasteiger partial charge < -0.3 is 20.1 Å². The molecular formula is C21H27N3O3. The van der Waals surface area contributed by atoms with Crippen LogP contribution < -0.4 is 15.4 Å². The fourth-order valence-electron chi connectivity index (χ4n) is 2.94. The quantitative estimate of drug-likeness (QED) is 0.788. The maximum Gasteiger partial charge on any atom is 0.319 e. The summed E-state index contributed by atoms with van der Waals surface area (Å²) >= 11 is 0. The Morgan fingerprint density at radius 2 is 1.96 bits per heavy atom. The van der Waals surface area contributed by atoms with Gasteiger partial charge in [-0.2, -0.15) is 0 Å². The molecule has 2 aromatic rings. The fourth-order valence-corrected chi connectivity index (χ4v) is 2.94. The van der Waals surface area contributed by atoms with Crippen molar-refractivity contribution in [2.75, 3.05) is 44.8 Å². The van der Waals surface area contributed by atoms with E-state index in [1.54, 1.807) is 0 Å². The predicted molar refractivity (Wildman–Crippen MR) is 106 cm³/mol. The van der Waals surface area contributed by atoms with E-state index in [0.29, 0.717) is 13.2 Å². The molecule has 2 amide bonds. The molecule has 0 aliphatic carbocycles. The number of hydrogen-bond acceptors (Lipinski definition) is 4. The highest BCUT2D eigenvalue weighted by Gasteiger charge is 2.10. The molecule has 1 aliphatic rings. The number of carbonyl (C=O) groups is 1. The van der Waals surface area contributed by atoms with E-state index in [9.17, 15) is 4.79 Å². The number of morpholine rings is 1. The van der Waals surface area contributed by atoms with Gasteiger partial charge in [-0.25, -0.2) is 4.79 Å². The van der Waals surface area contributed by atoms with E-state index in [-0.39, 0.29) is 6.03 Å². The number of hydrogen-bond donors (Lipinski definition) is 2. The largest absolute Gasteiger partial charge is 0.492 e. The molecule has 1 saturated heterocycles. The Balaban J connectivity index is 1.42. The van der Waals surface area contributed by atoms with Crippen LogP contribution in [0.2, 0.25) is 0 Å². The van der Waals surface area contributed by atoms with Crippen molar-refractivity contribution in [2.24, 2.45) is 0 Å². The normalized spacial score (nSPS) is 14.6. The lowest BCUT2D eigenvalue weighted by molar-refractivity contribution is 0.0322. The first-order chi connectivity index (χ1) is 13.2. The van der Waals surface area contributed by atoms with Crippen molar-refractivity contribution in [1.29, 1.82) is 0 Å². The molecule has 1 heterocycles.